The van der Waals surface area contributed by atoms with E-state index in [0.29, 0.717) is 29.2 Å². The minimum Gasteiger partial charge on any atom is -0.207 e. The molecular formula is C42H55ClF2S2. The summed E-state index contributed by atoms with van der Waals surface area (Å²) in [6, 6.07) is 24.2. The molecule has 0 saturated carbocycles. The van der Waals surface area contributed by atoms with Gasteiger partial charge in [0.15, 0.2) is 0 Å². The first-order valence-corrected chi connectivity index (χ1v) is 18.7. The molecule has 0 bridgehead atoms. The summed E-state index contributed by atoms with van der Waals surface area (Å²) >= 11 is 9.48. The number of halogens is 3. The highest BCUT2D eigenvalue weighted by molar-refractivity contribution is 7.08. The van der Waals surface area contributed by atoms with E-state index in [0.717, 1.165) is 17.2 Å². The van der Waals surface area contributed by atoms with Gasteiger partial charge in [-0.2, -0.15) is 22.7 Å². The Balaban J connectivity index is 0.000000295. The minimum absolute atomic E-state index is 0.0331. The van der Waals surface area contributed by atoms with Crippen molar-refractivity contribution in [2.24, 2.45) is 0 Å². The van der Waals surface area contributed by atoms with E-state index < -0.39 is 0 Å². The first kappa shape index (κ1) is 42.2. The van der Waals surface area contributed by atoms with E-state index in [4.69, 9.17) is 11.6 Å². The molecule has 5 heteroatoms. The zero-order valence-corrected chi connectivity index (χ0v) is 32.5. The van der Waals surface area contributed by atoms with Crippen LogP contribution >= 0.6 is 34.3 Å². The van der Waals surface area contributed by atoms with Gasteiger partial charge in [-0.1, -0.05) is 129 Å². The van der Waals surface area contributed by atoms with Gasteiger partial charge in [0, 0.05) is 5.02 Å². The summed E-state index contributed by atoms with van der Waals surface area (Å²) < 4.78 is 25.4. The Kier molecular flexibility index (Phi) is 20.4. The van der Waals surface area contributed by atoms with Gasteiger partial charge in [0.2, 0.25) is 0 Å². The molecule has 5 rings (SSSR count). The lowest BCUT2D eigenvalue weighted by molar-refractivity contribution is 0.575. The van der Waals surface area contributed by atoms with Gasteiger partial charge < -0.3 is 0 Å². The number of benzene rings is 3. The first-order chi connectivity index (χ1) is 22.1. The van der Waals surface area contributed by atoms with Crippen molar-refractivity contribution in [3.8, 4) is 0 Å². The van der Waals surface area contributed by atoms with E-state index in [-0.39, 0.29) is 17.6 Å². The van der Waals surface area contributed by atoms with Crippen LogP contribution in [0.5, 0.6) is 0 Å². The van der Waals surface area contributed by atoms with E-state index in [1.54, 1.807) is 22.7 Å². The lowest BCUT2D eigenvalue weighted by atomic mass is 10.0. The van der Waals surface area contributed by atoms with Crippen LogP contribution in [0.2, 0.25) is 5.02 Å². The van der Waals surface area contributed by atoms with Crippen LogP contribution in [0.3, 0.4) is 0 Å². The molecule has 0 saturated heterocycles. The summed E-state index contributed by atoms with van der Waals surface area (Å²) in [6.45, 7) is 23.4. The van der Waals surface area contributed by atoms with Crippen LogP contribution in [0.25, 0.3) is 0 Å². The van der Waals surface area contributed by atoms with Crippen LogP contribution < -0.4 is 0 Å². The molecule has 256 valence electrons. The van der Waals surface area contributed by atoms with Gasteiger partial charge in [0.1, 0.15) is 11.6 Å². The molecule has 0 amide bonds. The van der Waals surface area contributed by atoms with Crippen molar-refractivity contribution in [2.45, 2.75) is 106 Å². The van der Waals surface area contributed by atoms with Gasteiger partial charge in [-0.15, -0.1) is 0 Å². The zero-order chi connectivity index (χ0) is 35.5. The summed E-state index contributed by atoms with van der Waals surface area (Å²) in [6.07, 6.45) is 0. The van der Waals surface area contributed by atoms with Gasteiger partial charge in [-0.05, 0) is 122 Å². The Morgan fingerprint density at radius 3 is 1.40 bits per heavy atom. The number of hydrogen-bond donors (Lipinski definition) is 0. The highest BCUT2D eigenvalue weighted by atomic mass is 35.5. The predicted octanol–water partition coefficient (Wildman–Crippen LogP) is 15.4. The van der Waals surface area contributed by atoms with Crippen molar-refractivity contribution in [2.75, 3.05) is 0 Å². The summed E-state index contributed by atoms with van der Waals surface area (Å²) in [5.74, 6) is 1.89. The number of rotatable bonds is 5. The van der Waals surface area contributed by atoms with Crippen molar-refractivity contribution in [3.05, 3.63) is 150 Å². The maximum absolute atomic E-state index is 12.9. The van der Waals surface area contributed by atoms with Crippen LogP contribution in [0, 0.1) is 18.6 Å². The van der Waals surface area contributed by atoms with Gasteiger partial charge in [0.25, 0.3) is 0 Å². The highest BCUT2D eigenvalue weighted by Gasteiger charge is 2.06. The predicted molar refractivity (Wildman–Crippen MR) is 208 cm³/mol. The molecule has 47 heavy (non-hydrogen) atoms. The van der Waals surface area contributed by atoms with E-state index in [2.05, 4.69) is 120 Å². The Morgan fingerprint density at radius 1 is 0.511 bits per heavy atom. The normalized spacial score (nSPS) is 10.4. The van der Waals surface area contributed by atoms with Crippen LogP contribution in [-0.4, -0.2) is 0 Å². The maximum Gasteiger partial charge on any atom is 0.126 e. The second kappa shape index (κ2) is 22.7. The van der Waals surface area contributed by atoms with Crippen molar-refractivity contribution < 1.29 is 8.78 Å². The minimum atomic E-state index is -0.380. The molecule has 0 fully saturated rings. The molecule has 0 nitrogen and oxygen atoms in total. The first-order valence-electron chi connectivity index (χ1n) is 16.4. The number of hydrogen-bond acceptors (Lipinski definition) is 2. The van der Waals surface area contributed by atoms with Crippen molar-refractivity contribution >= 4 is 34.3 Å². The van der Waals surface area contributed by atoms with Crippen molar-refractivity contribution in [1.82, 2.24) is 0 Å². The van der Waals surface area contributed by atoms with Crippen molar-refractivity contribution in [3.63, 3.8) is 0 Å². The fraction of sp³-hybridized carbons (Fsp3) is 0.381. The summed E-state index contributed by atoms with van der Waals surface area (Å²) in [5.41, 5.74) is 7.47. The zero-order valence-electron chi connectivity index (χ0n) is 30.2. The third kappa shape index (κ3) is 16.7. The number of aryl methyl sites for hydroxylation is 1. The fourth-order valence-corrected chi connectivity index (χ4v) is 6.49. The van der Waals surface area contributed by atoms with E-state index in [1.165, 1.54) is 33.9 Å². The van der Waals surface area contributed by atoms with Gasteiger partial charge in [-0.3, -0.25) is 0 Å². The molecule has 0 aliphatic heterocycles. The second-order valence-electron chi connectivity index (χ2n) is 12.9. The fourth-order valence-electron chi connectivity index (χ4n) is 4.30. The molecule has 0 aliphatic carbocycles. The van der Waals surface area contributed by atoms with Crippen LogP contribution in [0.4, 0.5) is 8.78 Å². The molecule has 3 aromatic carbocycles. The lowest BCUT2D eigenvalue weighted by Crippen LogP contribution is -1.93. The SMILES string of the molecule is CC(C)c1cc(F)ccc1F.CC(C)c1ccccc1.CC(C)c1ccccc1Cl.CC(C)c1ccsc1.Cc1cscc1C(C)C. The third-order valence-corrected chi connectivity index (χ3v) is 9.23. The van der Waals surface area contributed by atoms with E-state index >= 15 is 0 Å². The quantitative estimate of drug-likeness (QED) is 0.172. The molecule has 0 radical (unpaired) electrons. The van der Waals surface area contributed by atoms with Gasteiger partial charge >= 0.3 is 0 Å². The Bertz CT molecular complexity index is 1500. The molecule has 2 heterocycles. The van der Waals surface area contributed by atoms with Crippen LogP contribution in [0.1, 0.15) is 132 Å². The average molecular weight is 697 g/mol. The smallest absolute Gasteiger partial charge is 0.126 e. The molecule has 0 unspecified atom stereocenters. The van der Waals surface area contributed by atoms with E-state index in [9.17, 15) is 8.78 Å². The molecule has 0 N–H and O–H groups in total. The molecule has 5 aromatic rings. The highest BCUT2D eigenvalue weighted by Crippen LogP contribution is 2.23. The standard InChI is InChI=1S/C9H11Cl.C9H10F2.C9H12.C8H12S.C7H10S/c1-7(2)8-5-3-4-6-9(8)10;1-6(2)8-5-7(10)3-4-9(8)11;1-8(2)9-6-4-3-5-7-9;1-6(2)8-5-9-4-7(8)3;1-6(2)7-3-4-8-5-7/h3-7H,1-2H3;3-6H,1-2H3;3-8H,1-2H3;4-6H,1-3H3;3-6H,1-2H3. The molecule has 0 aliphatic rings. The Hall–Kier alpha value is -2.79. The number of thiophene rings is 2. The van der Waals surface area contributed by atoms with Crippen LogP contribution in [-0.2, 0) is 0 Å². The average Bonchev–Trinajstić information content (AvgIpc) is 3.73. The monoisotopic (exact) mass is 696 g/mol. The largest absolute Gasteiger partial charge is 0.207 e. The van der Waals surface area contributed by atoms with E-state index in [1.807, 2.05) is 38.1 Å². The summed E-state index contributed by atoms with van der Waals surface area (Å²) in [5, 5.41) is 9.63. The third-order valence-electron chi connectivity index (χ3n) is 7.30. The topological polar surface area (TPSA) is 0 Å². The summed E-state index contributed by atoms with van der Waals surface area (Å²) in [4.78, 5) is 0. The Morgan fingerprint density at radius 2 is 1.06 bits per heavy atom. The maximum atomic E-state index is 12.9. The van der Waals surface area contributed by atoms with Crippen molar-refractivity contribution in [1.29, 1.82) is 0 Å². The molecular weight excluding hydrogens is 642 g/mol. The van der Waals surface area contributed by atoms with Gasteiger partial charge in [-0.25, -0.2) is 8.78 Å². The molecule has 0 atom stereocenters. The lowest BCUT2D eigenvalue weighted by Gasteiger charge is -2.05. The summed E-state index contributed by atoms with van der Waals surface area (Å²) in [7, 11) is 0. The van der Waals surface area contributed by atoms with Crippen LogP contribution in [0.15, 0.2) is 100 Å². The second-order valence-corrected chi connectivity index (χ2v) is 14.9. The molecule has 0 spiro atoms. The van der Waals surface area contributed by atoms with Gasteiger partial charge in [0.05, 0.1) is 0 Å². The Labute approximate surface area is 297 Å². The molecule has 2 aromatic heterocycles.